The Hall–Kier alpha value is -2.93. The molecule has 1 heterocycles. The largest absolute Gasteiger partial charge is 0.497 e. The third-order valence-electron chi connectivity index (χ3n) is 4.21. The van der Waals surface area contributed by atoms with E-state index in [0.29, 0.717) is 57.4 Å². The molecule has 0 amide bonds. The SMILES string of the molecule is CC.CC.COc1cccc(C(=O)c2ncc(C=O)c3cc(OC)c(OCCBr)cc23)c1. The minimum Gasteiger partial charge on any atom is -0.497 e. The minimum atomic E-state index is -0.280. The highest BCUT2D eigenvalue weighted by Crippen LogP contribution is 2.35. The molecular weight excluding hydrogens is 474 g/mol. The lowest BCUT2D eigenvalue weighted by atomic mass is 9.99. The zero-order chi connectivity index (χ0) is 24.1. The average molecular weight is 504 g/mol. The van der Waals surface area contributed by atoms with Crippen molar-refractivity contribution < 1.29 is 23.8 Å². The first-order chi connectivity index (χ1) is 15.6. The number of fused-ring (bicyclic) bond motifs is 1. The van der Waals surface area contributed by atoms with Crippen LogP contribution < -0.4 is 14.2 Å². The van der Waals surface area contributed by atoms with Crippen molar-refractivity contribution in [3.05, 3.63) is 59.4 Å². The Morgan fingerprint density at radius 2 is 1.69 bits per heavy atom. The molecule has 0 bridgehead atoms. The van der Waals surface area contributed by atoms with E-state index in [1.165, 1.54) is 20.4 Å². The minimum absolute atomic E-state index is 0.222. The Balaban J connectivity index is 0.00000121. The van der Waals surface area contributed by atoms with Crippen LogP contribution in [0.15, 0.2) is 42.6 Å². The van der Waals surface area contributed by atoms with E-state index in [2.05, 4.69) is 20.9 Å². The molecule has 172 valence electrons. The Morgan fingerprint density at radius 1 is 1.00 bits per heavy atom. The molecule has 0 saturated heterocycles. The zero-order valence-electron chi connectivity index (χ0n) is 19.4. The van der Waals surface area contributed by atoms with E-state index in [4.69, 9.17) is 14.2 Å². The van der Waals surface area contributed by atoms with Crippen molar-refractivity contribution in [1.29, 1.82) is 0 Å². The number of carbonyl (C=O) groups is 2. The van der Waals surface area contributed by atoms with Gasteiger partial charge in [-0.1, -0.05) is 55.8 Å². The van der Waals surface area contributed by atoms with Crippen LogP contribution in [-0.4, -0.2) is 43.2 Å². The monoisotopic (exact) mass is 503 g/mol. The molecule has 0 aliphatic carbocycles. The predicted molar refractivity (Wildman–Crippen MR) is 132 cm³/mol. The van der Waals surface area contributed by atoms with Crippen LogP contribution in [0.25, 0.3) is 10.8 Å². The lowest BCUT2D eigenvalue weighted by Crippen LogP contribution is -2.07. The number of rotatable bonds is 8. The second-order valence-corrected chi connectivity index (χ2v) is 6.62. The van der Waals surface area contributed by atoms with Gasteiger partial charge in [0.1, 0.15) is 11.4 Å². The number of methoxy groups -OCH3 is 2. The fourth-order valence-electron chi connectivity index (χ4n) is 2.86. The molecule has 0 spiro atoms. The smallest absolute Gasteiger partial charge is 0.212 e. The molecule has 0 aliphatic rings. The molecule has 0 atom stereocenters. The van der Waals surface area contributed by atoms with Gasteiger partial charge < -0.3 is 14.2 Å². The molecular formula is C25H30BrNO5. The fraction of sp³-hybridized carbons (Fsp3) is 0.320. The van der Waals surface area contributed by atoms with E-state index in [0.717, 1.165) is 0 Å². The molecule has 3 aromatic rings. The molecule has 6 nitrogen and oxygen atoms in total. The summed E-state index contributed by atoms with van der Waals surface area (Å²) in [5, 5.41) is 1.72. The Kier molecular flexibility index (Phi) is 12.0. The number of carbonyl (C=O) groups excluding carboxylic acids is 2. The fourth-order valence-corrected chi connectivity index (χ4v) is 3.03. The second kappa shape index (κ2) is 14.2. The van der Waals surface area contributed by atoms with Gasteiger partial charge in [-0.25, -0.2) is 0 Å². The maximum absolute atomic E-state index is 13.1. The van der Waals surface area contributed by atoms with Crippen LogP contribution in [0.2, 0.25) is 0 Å². The number of alkyl halides is 1. The number of aromatic nitrogens is 1. The Labute approximate surface area is 198 Å². The summed E-state index contributed by atoms with van der Waals surface area (Å²) in [6, 6.07) is 10.2. The summed E-state index contributed by atoms with van der Waals surface area (Å²) < 4.78 is 16.3. The molecule has 32 heavy (non-hydrogen) atoms. The van der Waals surface area contributed by atoms with E-state index < -0.39 is 0 Å². The van der Waals surface area contributed by atoms with Crippen LogP contribution >= 0.6 is 15.9 Å². The van der Waals surface area contributed by atoms with Gasteiger partial charge in [0.25, 0.3) is 0 Å². The first-order valence-corrected chi connectivity index (χ1v) is 11.6. The number of ketones is 1. The molecule has 1 aromatic heterocycles. The number of hydrogen-bond donors (Lipinski definition) is 0. The van der Waals surface area contributed by atoms with Crippen molar-refractivity contribution in [3.63, 3.8) is 0 Å². The maximum Gasteiger partial charge on any atom is 0.212 e. The first kappa shape index (κ1) is 27.1. The quantitative estimate of drug-likeness (QED) is 0.209. The van der Waals surface area contributed by atoms with Crippen molar-refractivity contribution in [3.8, 4) is 17.2 Å². The molecule has 3 rings (SSSR count). The summed E-state index contributed by atoms with van der Waals surface area (Å²) in [7, 11) is 3.06. The van der Waals surface area contributed by atoms with Crippen molar-refractivity contribution >= 4 is 38.8 Å². The lowest BCUT2D eigenvalue weighted by molar-refractivity contribution is 0.103. The molecule has 0 radical (unpaired) electrons. The molecule has 0 N–H and O–H groups in total. The van der Waals surface area contributed by atoms with Gasteiger partial charge in [-0.2, -0.15) is 0 Å². The number of aldehydes is 1. The zero-order valence-corrected chi connectivity index (χ0v) is 21.0. The number of ether oxygens (including phenoxy) is 3. The summed E-state index contributed by atoms with van der Waals surface area (Å²) >= 11 is 3.32. The van der Waals surface area contributed by atoms with E-state index >= 15 is 0 Å². The molecule has 0 unspecified atom stereocenters. The summed E-state index contributed by atoms with van der Waals surface area (Å²) in [4.78, 5) is 28.9. The lowest BCUT2D eigenvalue weighted by Gasteiger charge is -2.14. The first-order valence-electron chi connectivity index (χ1n) is 10.5. The standard InChI is InChI=1S/C21H18BrNO5.2C2H6/c1-26-15-5-3-4-13(8-15)21(25)20-17-10-19(28-7-6-22)18(27-2)9-16(17)14(12-24)11-23-20;2*1-2/h3-5,8-12H,6-7H2,1-2H3;2*1-2H3. The molecule has 2 aromatic carbocycles. The number of hydrogen-bond acceptors (Lipinski definition) is 6. The van der Waals surface area contributed by atoms with Crippen LogP contribution in [0, 0.1) is 0 Å². The highest BCUT2D eigenvalue weighted by molar-refractivity contribution is 9.09. The predicted octanol–water partition coefficient (Wildman–Crippen LogP) is 6.12. The molecule has 7 heteroatoms. The summed E-state index contributed by atoms with van der Waals surface area (Å²) in [6.07, 6.45) is 2.09. The van der Waals surface area contributed by atoms with Gasteiger partial charge in [-0.15, -0.1) is 0 Å². The van der Waals surface area contributed by atoms with E-state index in [1.54, 1.807) is 36.4 Å². The number of benzene rings is 2. The Morgan fingerprint density at radius 3 is 2.28 bits per heavy atom. The van der Waals surface area contributed by atoms with Gasteiger partial charge in [0.2, 0.25) is 5.78 Å². The third-order valence-corrected chi connectivity index (χ3v) is 4.54. The molecule has 0 saturated carbocycles. The van der Waals surface area contributed by atoms with E-state index in [1.807, 2.05) is 27.7 Å². The van der Waals surface area contributed by atoms with Crippen molar-refractivity contribution in [2.75, 3.05) is 26.2 Å². The maximum atomic E-state index is 13.1. The topological polar surface area (TPSA) is 74.7 Å². The van der Waals surface area contributed by atoms with E-state index in [9.17, 15) is 9.59 Å². The second-order valence-electron chi connectivity index (χ2n) is 5.83. The van der Waals surface area contributed by atoms with Gasteiger partial charge in [-0.05, 0) is 29.7 Å². The van der Waals surface area contributed by atoms with Crippen LogP contribution in [0.3, 0.4) is 0 Å². The van der Waals surface area contributed by atoms with Crippen molar-refractivity contribution in [1.82, 2.24) is 4.98 Å². The van der Waals surface area contributed by atoms with Gasteiger partial charge in [0.05, 0.1) is 20.8 Å². The van der Waals surface area contributed by atoms with Gasteiger partial charge in [-0.3, -0.25) is 14.6 Å². The van der Waals surface area contributed by atoms with Gasteiger partial charge in [0, 0.05) is 28.0 Å². The molecule has 0 fully saturated rings. The normalized spacial score (nSPS) is 9.59. The summed E-state index contributed by atoms with van der Waals surface area (Å²) in [6.45, 7) is 8.42. The van der Waals surface area contributed by atoms with Crippen LogP contribution in [-0.2, 0) is 0 Å². The van der Waals surface area contributed by atoms with E-state index in [-0.39, 0.29) is 11.5 Å². The van der Waals surface area contributed by atoms with Gasteiger partial charge >= 0.3 is 0 Å². The van der Waals surface area contributed by atoms with Crippen molar-refractivity contribution in [2.45, 2.75) is 27.7 Å². The summed E-state index contributed by atoms with van der Waals surface area (Å²) in [5.74, 6) is 1.24. The summed E-state index contributed by atoms with van der Waals surface area (Å²) in [5.41, 5.74) is 1.02. The number of pyridine rings is 1. The number of halogens is 1. The third kappa shape index (κ3) is 6.29. The van der Waals surface area contributed by atoms with Crippen LogP contribution in [0.5, 0.6) is 17.2 Å². The van der Waals surface area contributed by atoms with Crippen LogP contribution in [0.1, 0.15) is 54.1 Å². The average Bonchev–Trinajstić information content (AvgIpc) is 2.88. The highest BCUT2D eigenvalue weighted by Gasteiger charge is 2.19. The molecule has 0 aliphatic heterocycles. The highest BCUT2D eigenvalue weighted by atomic mass is 79.9. The van der Waals surface area contributed by atoms with Gasteiger partial charge in [0.15, 0.2) is 17.8 Å². The van der Waals surface area contributed by atoms with Crippen molar-refractivity contribution in [2.24, 2.45) is 0 Å². The van der Waals surface area contributed by atoms with Crippen LogP contribution in [0.4, 0.5) is 0 Å². The number of nitrogens with zero attached hydrogens (tertiary/aromatic N) is 1. The Bertz CT molecular complexity index is 1040.